The summed E-state index contributed by atoms with van der Waals surface area (Å²) in [4.78, 5) is 41.5. The molecule has 0 aromatic heterocycles. The minimum Gasteiger partial charge on any atom is -0.494 e. The number of amides is 3. The number of imide groups is 1. The average molecular weight is 494 g/mol. The van der Waals surface area contributed by atoms with Gasteiger partial charge in [-0.2, -0.15) is 0 Å². The van der Waals surface area contributed by atoms with Gasteiger partial charge in [0, 0.05) is 24.0 Å². The quantitative estimate of drug-likeness (QED) is 0.537. The third kappa shape index (κ3) is 5.22. The average Bonchev–Trinajstić information content (AvgIpc) is 3.06. The molecule has 184 valence electrons. The van der Waals surface area contributed by atoms with Gasteiger partial charge in [-0.25, -0.2) is 0 Å². The summed E-state index contributed by atoms with van der Waals surface area (Å²) >= 11 is 0.862. The molecule has 2 aliphatic heterocycles. The summed E-state index contributed by atoms with van der Waals surface area (Å²) in [6.07, 6.45) is 2.77. The van der Waals surface area contributed by atoms with Crippen molar-refractivity contribution >= 4 is 46.3 Å². The minimum atomic E-state index is -0.453. The number of fused-ring (bicyclic) bond motifs is 1. The minimum absolute atomic E-state index is 0.0719. The van der Waals surface area contributed by atoms with E-state index in [4.69, 9.17) is 4.74 Å². The van der Waals surface area contributed by atoms with Crippen LogP contribution in [0.4, 0.5) is 16.2 Å². The molecule has 0 radical (unpaired) electrons. The fraction of sp³-hybridized carbons (Fsp3) is 0.370. The molecule has 2 aliphatic rings. The molecule has 1 atom stereocenters. The van der Waals surface area contributed by atoms with E-state index in [2.05, 4.69) is 50.2 Å². The van der Waals surface area contributed by atoms with Gasteiger partial charge in [0.05, 0.1) is 11.5 Å². The molecule has 1 fully saturated rings. The van der Waals surface area contributed by atoms with Crippen LogP contribution < -0.4 is 15.0 Å². The van der Waals surface area contributed by atoms with Crippen molar-refractivity contribution in [2.75, 3.05) is 30.4 Å². The first-order chi connectivity index (χ1) is 16.6. The third-order valence-corrected chi connectivity index (χ3v) is 7.49. The van der Waals surface area contributed by atoms with Crippen LogP contribution in [0.3, 0.4) is 0 Å². The van der Waals surface area contributed by atoms with E-state index in [1.165, 1.54) is 11.3 Å². The van der Waals surface area contributed by atoms with Crippen LogP contribution in [0.25, 0.3) is 6.08 Å². The van der Waals surface area contributed by atoms with Crippen molar-refractivity contribution in [2.24, 2.45) is 0 Å². The zero-order valence-corrected chi connectivity index (χ0v) is 21.6. The monoisotopic (exact) mass is 493 g/mol. The highest BCUT2D eigenvalue weighted by Crippen LogP contribution is 2.43. The molecule has 2 heterocycles. The van der Waals surface area contributed by atoms with Gasteiger partial charge in [-0.05, 0) is 98.5 Å². The molecule has 35 heavy (non-hydrogen) atoms. The van der Waals surface area contributed by atoms with E-state index in [0.717, 1.165) is 28.6 Å². The molecule has 0 aliphatic carbocycles. The predicted molar refractivity (Wildman–Crippen MR) is 141 cm³/mol. The Kier molecular flexibility index (Phi) is 6.94. The van der Waals surface area contributed by atoms with Gasteiger partial charge >= 0.3 is 0 Å². The van der Waals surface area contributed by atoms with Crippen LogP contribution in [-0.2, 0) is 9.59 Å². The molecule has 0 saturated carbocycles. The van der Waals surface area contributed by atoms with E-state index in [1.54, 1.807) is 30.3 Å². The molecule has 4 rings (SSSR count). The van der Waals surface area contributed by atoms with Crippen molar-refractivity contribution in [1.82, 2.24) is 4.90 Å². The number of rotatable bonds is 6. The number of benzene rings is 2. The normalized spacial score (nSPS) is 20.3. The Morgan fingerprint density at radius 2 is 1.91 bits per heavy atom. The fourth-order valence-electron chi connectivity index (χ4n) is 4.62. The summed E-state index contributed by atoms with van der Waals surface area (Å²) in [7, 11) is 2.11. The molecular weight excluding hydrogens is 462 g/mol. The lowest BCUT2D eigenvalue weighted by Crippen LogP contribution is -2.45. The van der Waals surface area contributed by atoms with Crippen LogP contribution in [0, 0.1) is 0 Å². The fourth-order valence-corrected chi connectivity index (χ4v) is 5.46. The van der Waals surface area contributed by atoms with Gasteiger partial charge < -0.3 is 15.0 Å². The Hall–Kier alpha value is -3.26. The first kappa shape index (κ1) is 24.9. The Balaban J connectivity index is 1.45. The SMILES string of the molecule is CCOc1ccc(NC(=O)CN2C(=O)S/C(=C\c3ccc4c(c3)[C@@H](C)CC(C)(C)N4C)C2=O)cc1. The maximum Gasteiger partial charge on any atom is 0.294 e. The van der Waals surface area contributed by atoms with Crippen LogP contribution in [0.1, 0.15) is 51.2 Å². The number of anilines is 2. The zero-order chi connectivity index (χ0) is 25.3. The molecule has 1 N–H and O–H groups in total. The predicted octanol–water partition coefficient (Wildman–Crippen LogP) is 5.48. The molecule has 7 nitrogen and oxygen atoms in total. The number of nitrogens with zero attached hydrogens (tertiary/aromatic N) is 2. The smallest absolute Gasteiger partial charge is 0.294 e. The number of carbonyl (C=O) groups excluding carboxylic acids is 3. The van der Waals surface area contributed by atoms with E-state index < -0.39 is 17.1 Å². The topological polar surface area (TPSA) is 79.0 Å². The van der Waals surface area contributed by atoms with Crippen molar-refractivity contribution in [1.29, 1.82) is 0 Å². The summed E-state index contributed by atoms with van der Waals surface area (Å²) in [6.45, 7) is 8.80. The Morgan fingerprint density at radius 3 is 2.60 bits per heavy atom. The van der Waals surface area contributed by atoms with Gasteiger partial charge in [-0.1, -0.05) is 13.0 Å². The van der Waals surface area contributed by atoms with Crippen molar-refractivity contribution in [3.8, 4) is 5.75 Å². The second kappa shape index (κ2) is 9.77. The van der Waals surface area contributed by atoms with Gasteiger partial charge in [0.15, 0.2) is 0 Å². The lowest BCUT2D eigenvalue weighted by atomic mass is 9.80. The summed E-state index contributed by atoms with van der Waals surface area (Å²) in [5.74, 6) is 0.191. The largest absolute Gasteiger partial charge is 0.494 e. The van der Waals surface area contributed by atoms with E-state index in [-0.39, 0.29) is 12.1 Å². The molecular formula is C27H31N3O4S. The number of carbonyl (C=O) groups is 3. The number of ether oxygens (including phenoxy) is 1. The Bertz CT molecular complexity index is 1190. The maximum atomic E-state index is 12.9. The van der Waals surface area contributed by atoms with Gasteiger partial charge in [0.25, 0.3) is 11.1 Å². The van der Waals surface area contributed by atoms with Crippen molar-refractivity contribution < 1.29 is 19.1 Å². The third-order valence-electron chi connectivity index (χ3n) is 6.58. The maximum absolute atomic E-state index is 12.9. The molecule has 0 unspecified atom stereocenters. The highest BCUT2D eigenvalue weighted by atomic mass is 32.2. The van der Waals surface area contributed by atoms with E-state index >= 15 is 0 Å². The van der Waals surface area contributed by atoms with Gasteiger partial charge in [-0.15, -0.1) is 0 Å². The Labute approximate surface area is 210 Å². The first-order valence-electron chi connectivity index (χ1n) is 11.7. The zero-order valence-electron chi connectivity index (χ0n) is 20.8. The summed E-state index contributed by atoms with van der Waals surface area (Å²) in [5, 5.41) is 2.27. The number of hydrogen-bond donors (Lipinski definition) is 1. The standard InChI is InChI=1S/C27H31N3O4S/c1-6-34-20-10-8-19(9-11-20)28-24(31)16-30-25(32)23(35-26(30)33)14-18-7-12-22-21(13-18)17(2)15-27(3,4)29(22)5/h7-14,17H,6,15-16H2,1-5H3,(H,28,31)/b23-14-/t17-/m0/s1. The van der Waals surface area contributed by atoms with E-state index in [9.17, 15) is 14.4 Å². The van der Waals surface area contributed by atoms with Crippen molar-refractivity contribution in [3.05, 3.63) is 58.5 Å². The van der Waals surface area contributed by atoms with Crippen LogP contribution >= 0.6 is 11.8 Å². The Morgan fingerprint density at radius 1 is 1.20 bits per heavy atom. The second-order valence-corrected chi connectivity index (χ2v) is 10.6. The van der Waals surface area contributed by atoms with Crippen molar-refractivity contribution in [3.63, 3.8) is 0 Å². The molecule has 8 heteroatoms. The van der Waals surface area contributed by atoms with Crippen LogP contribution in [0.2, 0.25) is 0 Å². The highest BCUT2D eigenvalue weighted by Gasteiger charge is 2.37. The second-order valence-electron chi connectivity index (χ2n) is 9.57. The molecule has 1 saturated heterocycles. The molecule has 2 aromatic rings. The van der Waals surface area contributed by atoms with Gasteiger partial charge in [-0.3, -0.25) is 19.3 Å². The highest BCUT2D eigenvalue weighted by molar-refractivity contribution is 8.18. The molecule has 0 spiro atoms. The lowest BCUT2D eigenvalue weighted by molar-refractivity contribution is -0.127. The number of hydrogen-bond acceptors (Lipinski definition) is 6. The van der Waals surface area contributed by atoms with E-state index in [0.29, 0.717) is 28.9 Å². The van der Waals surface area contributed by atoms with Crippen LogP contribution in [0.15, 0.2) is 47.4 Å². The number of thioether (sulfide) groups is 1. The summed E-state index contributed by atoms with van der Waals surface area (Å²) in [6, 6.07) is 13.1. The molecule has 2 aromatic carbocycles. The van der Waals surface area contributed by atoms with Gasteiger partial charge in [0.1, 0.15) is 12.3 Å². The van der Waals surface area contributed by atoms with E-state index in [1.807, 2.05) is 13.0 Å². The molecule has 3 amide bonds. The van der Waals surface area contributed by atoms with Crippen LogP contribution in [-0.4, -0.2) is 47.7 Å². The van der Waals surface area contributed by atoms with Crippen LogP contribution in [0.5, 0.6) is 5.75 Å². The number of nitrogens with one attached hydrogen (secondary N) is 1. The summed E-state index contributed by atoms with van der Waals surface area (Å²) in [5.41, 5.74) is 3.92. The molecule has 0 bridgehead atoms. The summed E-state index contributed by atoms with van der Waals surface area (Å²) < 4.78 is 5.39. The van der Waals surface area contributed by atoms with Gasteiger partial charge in [0.2, 0.25) is 5.91 Å². The lowest BCUT2D eigenvalue weighted by Gasteiger charge is -2.45. The van der Waals surface area contributed by atoms with Crippen molar-refractivity contribution in [2.45, 2.75) is 45.6 Å². The first-order valence-corrected chi connectivity index (χ1v) is 12.6.